The molecule has 0 aliphatic carbocycles. The third-order valence-corrected chi connectivity index (χ3v) is 1.20. The van der Waals surface area contributed by atoms with Crippen molar-refractivity contribution in [2.24, 2.45) is 5.84 Å². The molecule has 0 saturated carbocycles. The summed E-state index contributed by atoms with van der Waals surface area (Å²) < 4.78 is 4.53. The number of carbonyl (C=O) groups excluding carboxylic acids is 1. The highest BCUT2D eigenvalue weighted by Crippen LogP contribution is 2.06. The normalized spacial score (nSPS) is 9.42. The first-order valence-corrected chi connectivity index (χ1v) is 2.98. The van der Waals surface area contributed by atoms with Gasteiger partial charge in [-0.2, -0.15) is 0 Å². The molecule has 1 rings (SSSR count). The average Bonchev–Trinajstić information content (AvgIpc) is 2.51. The zero-order valence-corrected chi connectivity index (χ0v) is 5.90. The van der Waals surface area contributed by atoms with Crippen LogP contribution < -0.4 is 11.3 Å². The van der Waals surface area contributed by atoms with E-state index in [1.807, 2.05) is 5.43 Å². The number of nitrogens with two attached hydrogens (primary N) is 1. The molecular weight excluding hydrogens is 164 g/mol. The van der Waals surface area contributed by atoms with E-state index >= 15 is 0 Å². The summed E-state index contributed by atoms with van der Waals surface area (Å²) in [4.78, 5) is 21.0. The van der Waals surface area contributed by atoms with E-state index in [1.54, 1.807) is 0 Å². The summed E-state index contributed by atoms with van der Waals surface area (Å²) in [5.74, 6) is 2.68. The summed E-state index contributed by atoms with van der Waals surface area (Å²) in [6.07, 6.45) is 1.02. The number of carboxylic acids is 1. The zero-order valence-electron chi connectivity index (χ0n) is 5.90. The van der Waals surface area contributed by atoms with Gasteiger partial charge in [-0.1, -0.05) is 0 Å². The van der Waals surface area contributed by atoms with Gasteiger partial charge in [-0.15, -0.1) is 0 Å². The van der Waals surface area contributed by atoms with Crippen LogP contribution in [0.2, 0.25) is 0 Å². The number of carbonyl (C=O) groups is 2. The molecule has 0 aromatic carbocycles. The molecule has 1 amide bonds. The van der Waals surface area contributed by atoms with Crippen molar-refractivity contribution in [2.75, 3.05) is 0 Å². The van der Waals surface area contributed by atoms with Gasteiger partial charge >= 0.3 is 5.97 Å². The van der Waals surface area contributed by atoms with Crippen LogP contribution in [0.15, 0.2) is 16.7 Å². The monoisotopic (exact) mass is 170 g/mol. The molecule has 0 saturated heterocycles. The maximum Gasteiger partial charge on any atom is 0.371 e. The minimum absolute atomic E-state index is 0.0786. The molecule has 0 unspecified atom stereocenters. The molecule has 64 valence electrons. The van der Waals surface area contributed by atoms with Gasteiger partial charge in [0.1, 0.15) is 6.26 Å². The second-order valence-electron chi connectivity index (χ2n) is 1.98. The SMILES string of the molecule is NNC(=O)c1coc(C(=O)O)c1. The number of furan rings is 1. The van der Waals surface area contributed by atoms with Crippen molar-refractivity contribution in [3.63, 3.8) is 0 Å². The maximum atomic E-state index is 10.8. The lowest BCUT2D eigenvalue weighted by atomic mass is 10.3. The molecule has 1 aromatic heterocycles. The Morgan fingerprint density at radius 2 is 2.25 bits per heavy atom. The Labute approximate surface area is 66.9 Å². The van der Waals surface area contributed by atoms with Gasteiger partial charge in [-0.05, 0) is 0 Å². The number of nitrogens with one attached hydrogen (secondary N) is 1. The minimum Gasteiger partial charge on any atom is -0.475 e. The predicted octanol–water partition coefficient (Wildman–Crippen LogP) is -0.419. The van der Waals surface area contributed by atoms with Gasteiger partial charge in [0.05, 0.1) is 5.56 Å². The van der Waals surface area contributed by atoms with Crippen LogP contribution in [0.3, 0.4) is 0 Å². The largest absolute Gasteiger partial charge is 0.475 e. The molecule has 0 aliphatic heterocycles. The maximum absolute atomic E-state index is 10.8. The van der Waals surface area contributed by atoms with E-state index in [0.717, 1.165) is 12.3 Å². The van der Waals surface area contributed by atoms with E-state index in [0.29, 0.717) is 0 Å². The van der Waals surface area contributed by atoms with E-state index in [1.165, 1.54) is 0 Å². The Kier molecular flexibility index (Phi) is 2.11. The summed E-state index contributed by atoms with van der Waals surface area (Å²) in [6.45, 7) is 0. The average molecular weight is 170 g/mol. The number of hydrogen-bond acceptors (Lipinski definition) is 4. The Morgan fingerprint density at radius 3 is 2.67 bits per heavy atom. The first-order chi connectivity index (χ1) is 5.65. The fourth-order valence-corrected chi connectivity index (χ4v) is 0.651. The second-order valence-corrected chi connectivity index (χ2v) is 1.98. The third kappa shape index (κ3) is 1.43. The highest BCUT2D eigenvalue weighted by molar-refractivity contribution is 5.96. The molecule has 1 aromatic rings. The first kappa shape index (κ1) is 8.28. The molecule has 4 N–H and O–H groups in total. The van der Waals surface area contributed by atoms with Crippen LogP contribution in [0.1, 0.15) is 20.9 Å². The number of rotatable bonds is 2. The van der Waals surface area contributed by atoms with Crippen LogP contribution >= 0.6 is 0 Å². The van der Waals surface area contributed by atoms with Crippen LogP contribution in [0.25, 0.3) is 0 Å². The smallest absolute Gasteiger partial charge is 0.371 e. The summed E-state index contributed by atoms with van der Waals surface area (Å²) in [5.41, 5.74) is 1.92. The zero-order chi connectivity index (χ0) is 9.14. The fraction of sp³-hybridized carbons (Fsp3) is 0. The Balaban J connectivity index is 2.91. The summed E-state index contributed by atoms with van der Waals surface area (Å²) >= 11 is 0. The number of nitrogen functional groups attached to an aromatic ring is 1. The number of hydrogen-bond donors (Lipinski definition) is 3. The Morgan fingerprint density at radius 1 is 1.58 bits per heavy atom. The molecule has 0 spiro atoms. The van der Waals surface area contributed by atoms with Crippen molar-refractivity contribution in [1.82, 2.24) is 5.43 Å². The highest BCUT2D eigenvalue weighted by Gasteiger charge is 2.12. The van der Waals surface area contributed by atoms with Gasteiger partial charge in [-0.3, -0.25) is 10.2 Å². The summed E-state index contributed by atoms with van der Waals surface area (Å²) in [7, 11) is 0. The molecular formula is C6H6N2O4. The lowest BCUT2D eigenvalue weighted by Crippen LogP contribution is -2.29. The quantitative estimate of drug-likeness (QED) is 0.317. The van der Waals surface area contributed by atoms with Gasteiger partial charge in [0.15, 0.2) is 0 Å². The number of hydrazine groups is 1. The van der Waals surface area contributed by atoms with Crippen LogP contribution in [0.4, 0.5) is 0 Å². The lowest BCUT2D eigenvalue weighted by molar-refractivity contribution is 0.0662. The molecule has 0 bridgehead atoms. The number of amides is 1. The Bertz CT molecular complexity index is 317. The molecule has 0 fully saturated rings. The molecule has 1 heterocycles. The molecule has 0 radical (unpaired) electrons. The molecule has 0 aliphatic rings. The van der Waals surface area contributed by atoms with Crippen molar-refractivity contribution < 1.29 is 19.1 Å². The van der Waals surface area contributed by atoms with Gasteiger partial charge in [0, 0.05) is 6.07 Å². The topological polar surface area (TPSA) is 106 Å². The summed E-state index contributed by atoms with van der Waals surface area (Å²) in [5, 5.41) is 8.40. The third-order valence-electron chi connectivity index (χ3n) is 1.20. The number of aromatic carboxylic acids is 1. The summed E-state index contributed by atoms with van der Waals surface area (Å²) in [6, 6.07) is 1.09. The standard InChI is InChI=1S/C6H6N2O4/c7-8-5(9)3-1-4(6(10)11)12-2-3/h1-2H,7H2,(H,8,9)(H,10,11). The predicted molar refractivity (Wildman–Crippen MR) is 37.3 cm³/mol. The van der Waals surface area contributed by atoms with Crippen LogP contribution in [0.5, 0.6) is 0 Å². The lowest BCUT2D eigenvalue weighted by Gasteiger charge is -1.90. The van der Waals surface area contributed by atoms with E-state index in [4.69, 9.17) is 10.9 Å². The van der Waals surface area contributed by atoms with Crippen molar-refractivity contribution in [3.8, 4) is 0 Å². The van der Waals surface area contributed by atoms with Crippen molar-refractivity contribution in [3.05, 3.63) is 23.7 Å². The van der Waals surface area contributed by atoms with Crippen LogP contribution in [-0.2, 0) is 0 Å². The highest BCUT2D eigenvalue weighted by atomic mass is 16.4. The van der Waals surface area contributed by atoms with Crippen molar-refractivity contribution in [2.45, 2.75) is 0 Å². The van der Waals surface area contributed by atoms with Gasteiger partial charge in [-0.25, -0.2) is 10.6 Å². The number of carboxylic acid groups (broad SMARTS) is 1. The van der Waals surface area contributed by atoms with Gasteiger partial charge in [0.2, 0.25) is 5.76 Å². The van der Waals surface area contributed by atoms with Crippen LogP contribution in [-0.4, -0.2) is 17.0 Å². The van der Waals surface area contributed by atoms with Gasteiger partial charge in [0.25, 0.3) is 5.91 Å². The molecule has 12 heavy (non-hydrogen) atoms. The van der Waals surface area contributed by atoms with Crippen molar-refractivity contribution in [1.29, 1.82) is 0 Å². The Hall–Kier alpha value is -1.82. The fourth-order valence-electron chi connectivity index (χ4n) is 0.651. The molecule has 6 heteroatoms. The van der Waals surface area contributed by atoms with E-state index < -0.39 is 11.9 Å². The molecule has 0 atom stereocenters. The minimum atomic E-state index is -1.23. The first-order valence-electron chi connectivity index (χ1n) is 2.98. The van der Waals surface area contributed by atoms with Crippen molar-refractivity contribution >= 4 is 11.9 Å². The van der Waals surface area contributed by atoms with E-state index in [-0.39, 0.29) is 11.3 Å². The van der Waals surface area contributed by atoms with E-state index in [2.05, 4.69) is 4.42 Å². The van der Waals surface area contributed by atoms with Gasteiger partial charge < -0.3 is 9.52 Å². The van der Waals surface area contributed by atoms with E-state index in [9.17, 15) is 9.59 Å². The van der Waals surface area contributed by atoms with Crippen LogP contribution in [0, 0.1) is 0 Å². The second kappa shape index (κ2) is 3.05. The molecule has 6 nitrogen and oxygen atoms in total.